The van der Waals surface area contributed by atoms with Crippen molar-refractivity contribution in [2.45, 2.75) is 11.4 Å². The zero-order valence-electron chi connectivity index (χ0n) is 17.7. The highest BCUT2D eigenvalue weighted by molar-refractivity contribution is 7.89. The predicted octanol–water partition coefficient (Wildman–Crippen LogP) is -0.225. The van der Waals surface area contributed by atoms with Gasteiger partial charge in [0.05, 0.1) is 10.6 Å². The third-order valence-corrected chi connectivity index (χ3v) is 7.04. The number of hydrogen-bond donors (Lipinski definition) is 4. The molecular weight excluding hydrogens is 404 g/mol. The van der Waals surface area contributed by atoms with Crippen molar-refractivity contribution >= 4 is 20.9 Å². The highest BCUT2D eigenvalue weighted by Crippen LogP contribution is 2.30. The number of aromatic hydroxyl groups is 1. The Bertz CT molecular complexity index is 939. The Morgan fingerprint density at radius 2 is 1.57 bits per heavy atom. The Labute approximate surface area is 178 Å². The minimum atomic E-state index is -3.63. The molecule has 4 N–H and O–H groups in total. The van der Waals surface area contributed by atoms with Gasteiger partial charge in [0, 0.05) is 78.4 Å². The third kappa shape index (κ3) is 5.65. The molecule has 2 aromatic rings. The molecule has 9 nitrogen and oxygen atoms in total. The van der Waals surface area contributed by atoms with E-state index in [9.17, 15) is 13.5 Å². The molecule has 10 heteroatoms. The summed E-state index contributed by atoms with van der Waals surface area (Å²) in [4.78, 5) is 7.06. The molecule has 0 spiro atoms. The van der Waals surface area contributed by atoms with Gasteiger partial charge in [-0.3, -0.25) is 4.90 Å². The predicted molar refractivity (Wildman–Crippen MR) is 118 cm³/mol. The van der Waals surface area contributed by atoms with E-state index in [0.717, 1.165) is 58.1 Å². The van der Waals surface area contributed by atoms with Crippen molar-refractivity contribution in [1.82, 2.24) is 30.1 Å². The minimum Gasteiger partial charge on any atom is -0.506 e. The molecule has 0 aliphatic carbocycles. The van der Waals surface area contributed by atoms with Crippen molar-refractivity contribution < 1.29 is 13.5 Å². The highest BCUT2D eigenvalue weighted by Gasteiger charge is 2.22. The normalized spacial score (nSPS) is 18.2. The van der Waals surface area contributed by atoms with Crippen molar-refractivity contribution in [2.24, 2.45) is 0 Å². The number of benzene rings is 1. The smallest absolute Gasteiger partial charge is 0.243 e. The SMILES string of the molecule is CN(C)S(=O)(=O)c1ccc(O)c2nc(CN3CCNCCNCCNCC3)ccc12. The van der Waals surface area contributed by atoms with Crippen LogP contribution in [0.2, 0.25) is 0 Å². The fourth-order valence-corrected chi connectivity index (χ4v) is 4.50. The van der Waals surface area contributed by atoms with Crippen LogP contribution in [-0.4, -0.2) is 94.2 Å². The summed E-state index contributed by atoms with van der Waals surface area (Å²) in [6, 6.07) is 6.41. The first kappa shape index (κ1) is 22.9. The zero-order valence-corrected chi connectivity index (χ0v) is 18.5. The summed E-state index contributed by atoms with van der Waals surface area (Å²) in [6.07, 6.45) is 0. The van der Waals surface area contributed by atoms with Gasteiger partial charge in [-0.1, -0.05) is 0 Å². The van der Waals surface area contributed by atoms with Crippen molar-refractivity contribution in [3.8, 4) is 5.75 Å². The van der Waals surface area contributed by atoms with Gasteiger partial charge >= 0.3 is 0 Å². The van der Waals surface area contributed by atoms with Crippen LogP contribution < -0.4 is 16.0 Å². The molecule has 0 amide bonds. The van der Waals surface area contributed by atoms with E-state index in [1.54, 1.807) is 6.07 Å². The fraction of sp³-hybridized carbons (Fsp3) is 0.550. The summed E-state index contributed by atoms with van der Waals surface area (Å²) in [6.45, 7) is 7.90. The van der Waals surface area contributed by atoms with Gasteiger partial charge in [0.1, 0.15) is 11.3 Å². The molecule has 1 aliphatic rings. The molecule has 2 heterocycles. The lowest BCUT2D eigenvalue weighted by atomic mass is 10.2. The van der Waals surface area contributed by atoms with Gasteiger partial charge in [-0.05, 0) is 24.3 Å². The summed E-state index contributed by atoms with van der Waals surface area (Å²) >= 11 is 0. The number of phenols is 1. The van der Waals surface area contributed by atoms with E-state index in [1.165, 1.54) is 30.5 Å². The van der Waals surface area contributed by atoms with Crippen LogP contribution in [0.1, 0.15) is 5.69 Å². The molecule has 1 aromatic heterocycles. The first-order chi connectivity index (χ1) is 14.4. The number of nitrogens with zero attached hydrogens (tertiary/aromatic N) is 3. The highest BCUT2D eigenvalue weighted by atomic mass is 32.2. The molecule has 166 valence electrons. The largest absolute Gasteiger partial charge is 0.506 e. The summed E-state index contributed by atoms with van der Waals surface area (Å²) in [5.74, 6) is -0.0194. The molecule has 0 unspecified atom stereocenters. The van der Waals surface area contributed by atoms with Crippen molar-refractivity contribution in [3.63, 3.8) is 0 Å². The Morgan fingerprint density at radius 1 is 0.967 bits per heavy atom. The van der Waals surface area contributed by atoms with Crippen LogP contribution in [0.5, 0.6) is 5.75 Å². The Morgan fingerprint density at radius 3 is 2.17 bits per heavy atom. The molecule has 0 atom stereocenters. The van der Waals surface area contributed by atoms with Gasteiger partial charge < -0.3 is 21.1 Å². The number of phenolic OH excluding ortho intramolecular Hbond substituents is 1. The molecule has 1 saturated heterocycles. The van der Waals surface area contributed by atoms with Gasteiger partial charge in [-0.25, -0.2) is 17.7 Å². The maximum Gasteiger partial charge on any atom is 0.243 e. The number of sulfonamides is 1. The topological polar surface area (TPSA) is 110 Å². The number of hydrogen-bond acceptors (Lipinski definition) is 8. The minimum absolute atomic E-state index is 0.0194. The molecule has 3 rings (SSSR count). The molecule has 1 fully saturated rings. The van der Waals surface area contributed by atoms with Crippen molar-refractivity contribution in [1.29, 1.82) is 0 Å². The number of pyridine rings is 1. The van der Waals surface area contributed by atoms with E-state index in [2.05, 4.69) is 25.8 Å². The van der Waals surface area contributed by atoms with Crippen LogP contribution in [0.4, 0.5) is 0 Å². The van der Waals surface area contributed by atoms with E-state index in [4.69, 9.17) is 0 Å². The van der Waals surface area contributed by atoms with Crippen molar-refractivity contribution in [3.05, 3.63) is 30.0 Å². The molecule has 0 saturated carbocycles. The van der Waals surface area contributed by atoms with Crippen molar-refractivity contribution in [2.75, 3.05) is 66.5 Å². The van der Waals surface area contributed by atoms with Crippen LogP contribution >= 0.6 is 0 Å². The summed E-state index contributed by atoms with van der Waals surface area (Å²) in [7, 11) is -0.651. The molecule has 1 aromatic carbocycles. The second kappa shape index (κ2) is 10.5. The Hall–Kier alpha value is -1.82. The number of aromatic nitrogens is 1. The molecule has 30 heavy (non-hydrogen) atoms. The lowest BCUT2D eigenvalue weighted by Crippen LogP contribution is -2.41. The van der Waals surface area contributed by atoms with Crippen LogP contribution in [0.15, 0.2) is 29.2 Å². The second-order valence-electron chi connectivity index (χ2n) is 7.60. The van der Waals surface area contributed by atoms with E-state index in [0.29, 0.717) is 17.4 Å². The first-order valence-corrected chi connectivity index (χ1v) is 11.7. The van der Waals surface area contributed by atoms with Gasteiger partial charge in [-0.15, -0.1) is 0 Å². The van der Waals surface area contributed by atoms with E-state index in [-0.39, 0.29) is 10.6 Å². The maximum absolute atomic E-state index is 12.6. The number of rotatable bonds is 4. The molecule has 1 aliphatic heterocycles. The monoisotopic (exact) mass is 436 g/mol. The van der Waals surface area contributed by atoms with Crippen LogP contribution in [0.25, 0.3) is 10.9 Å². The second-order valence-corrected chi connectivity index (χ2v) is 9.72. The van der Waals surface area contributed by atoms with Gasteiger partial charge in [0.25, 0.3) is 0 Å². The lowest BCUT2D eigenvalue weighted by molar-refractivity contribution is 0.260. The quantitative estimate of drug-likeness (QED) is 0.521. The van der Waals surface area contributed by atoms with Gasteiger partial charge in [-0.2, -0.15) is 0 Å². The van der Waals surface area contributed by atoms with Crippen LogP contribution in [0, 0.1) is 0 Å². The summed E-state index contributed by atoms with van der Waals surface area (Å²) < 4.78 is 26.4. The van der Waals surface area contributed by atoms with Crippen LogP contribution in [-0.2, 0) is 16.6 Å². The Balaban J connectivity index is 1.82. The average Bonchev–Trinajstić information content (AvgIpc) is 2.70. The van der Waals surface area contributed by atoms with Gasteiger partial charge in [0.2, 0.25) is 10.0 Å². The number of nitrogens with one attached hydrogen (secondary N) is 3. The molecular formula is C20H32N6O3S. The zero-order chi connectivity index (χ0) is 21.6. The standard InChI is InChI=1S/C20H32N6O3S/c1-25(2)30(28,29)19-6-5-18(27)20-17(19)4-3-16(24-20)15-26-13-11-22-9-7-21-8-10-23-12-14-26/h3-6,21-23,27H,7-15H2,1-2H3. The summed E-state index contributed by atoms with van der Waals surface area (Å²) in [5, 5.41) is 21.0. The molecule has 0 bridgehead atoms. The van der Waals surface area contributed by atoms with E-state index in [1.807, 2.05) is 6.07 Å². The van der Waals surface area contributed by atoms with Gasteiger partial charge in [0.15, 0.2) is 0 Å². The maximum atomic E-state index is 12.6. The Kier molecular flexibility index (Phi) is 7.98. The lowest BCUT2D eigenvalue weighted by Gasteiger charge is -2.23. The van der Waals surface area contributed by atoms with Crippen LogP contribution in [0.3, 0.4) is 0 Å². The summed E-state index contributed by atoms with van der Waals surface area (Å²) in [5.41, 5.74) is 1.11. The fourth-order valence-electron chi connectivity index (χ4n) is 3.43. The molecule has 0 radical (unpaired) electrons. The first-order valence-electron chi connectivity index (χ1n) is 10.3. The average molecular weight is 437 g/mol. The van der Waals surface area contributed by atoms with E-state index >= 15 is 0 Å². The van der Waals surface area contributed by atoms with E-state index < -0.39 is 10.0 Å². The number of fused-ring (bicyclic) bond motifs is 1. The third-order valence-electron chi connectivity index (χ3n) is 5.16.